The van der Waals surface area contributed by atoms with Crippen LogP contribution in [-0.4, -0.2) is 27.7 Å². The van der Waals surface area contributed by atoms with Gasteiger partial charge in [0.05, 0.1) is 28.1 Å². The number of pyridine rings is 1. The molecule has 1 saturated heterocycles. The van der Waals surface area contributed by atoms with E-state index in [1.807, 2.05) is 0 Å². The Morgan fingerprint density at radius 2 is 1.70 bits per heavy atom. The van der Waals surface area contributed by atoms with Gasteiger partial charge in [-0.05, 0) is 63.5 Å². The molecule has 1 aliphatic heterocycles. The van der Waals surface area contributed by atoms with Crippen LogP contribution in [0.2, 0.25) is 0 Å². The molecule has 4 nitrogen and oxygen atoms in total. The zero-order chi connectivity index (χ0) is 20.7. The van der Waals surface area contributed by atoms with Crippen LogP contribution in [-0.2, 0) is 15.7 Å². The van der Waals surface area contributed by atoms with E-state index in [0.717, 1.165) is 35.0 Å². The predicted molar refractivity (Wildman–Crippen MR) is 123 cm³/mol. The van der Waals surface area contributed by atoms with Crippen LogP contribution >= 0.6 is 0 Å². The third-order valence-electron chi connectivity index (χ3n) is 7.07. The second kappa shape index (κ2) is 5.96. The average molecular weight is 396 g/mol. The molecule has 2 aromatic heterocycles. The molecule has 5 heteroatoms. The monoisotopic (exact) mass is 396 g/mol. The van der Waals surface area contributed by atoms with E-state index in [1.54, 1.807) is 0 Å². The van der Waals surface area contributed by atoms with Gasteiger partial charge in [-0.15, -0.1) is 0 Å². The predicted octanol–water partition coefficient (Wildman–Crippen LogP) is 4.90. The first-order chi connectivity index (χ1) is 14.4. The lowest BCUT2D eigenvalue weighted by Crippen LogP contribution is -2.41. The van der Waals surface area contributed by atoms with Gasteiger partial charge < -0.3 is 9.31 Å². The zero-order valence-electron chi connectivity index (χ0n) is 17.9. The van der Waals surface area contributed by atoms with Crippen LogP contribution < -0.4 is 5.46 Å². The summed E-state index contributed by atoms with van der Waals surface area (Å²) in [6.07, 6.45) is 6.46. The molecule has 0 radical (unpaired) electrons. The van der Waals surface area contributed by atoms with Crippen molar-refractivity contribution in [3.8, 4) is 0 Å². The summed E-state index contributed by atoms with van der Waals surface area (Å²) in [5, 5.41) is 3.58. The van der Waals surface area contributed by atoms with E-state index in [4.69, 9.17) is 14.3 Å². The van der Waals surface area contributed by atoms with Gasteiger partial charge in [-0.3, -0.25) is 4.40 Å². The van der Waals surface area contributed by atoms with Gasteiger partial charge in [-0.2, -0.15) is 0 Å². The number of imidazole rings is 1. The molecule has 0 spiro atoms. The summed E-state index contributed by atoms with van der Waals surface area (Å²) < 4.78 is 15.0. The number of allylic oxidation sites excluding steroid dienone is 1. The summed E-state index contributed by atoms with van der Waals surface area (Å²) in [6.45, 7) is 8.37. The zero-order valence-corrected chi connectivity index (χ0v) is 17.9. The largest absolute Gasteiger partial charge is 0.494 e. The molecule has 0 unspecified atom stereocenters. The van der Waals surface area contributed by atoms with Crippen LogP contribution in [0.5, 0.6) is 0 Å². The van der Waals surface area contributed by atoms with Crippen molar-refractivity contribution in [2.24, 2.45) is 0 Å². The molecular formula is C25H25BN2O2. The Balaban J connectivity index is 1.63. The number of rotatable bonds is 1. The van der Waals surface area contributed by atoms with Gasteiger partial charge in [0.15, 0.2) is 0 Å². The quantitative estimate of drug-likeness (QED) is 0.339. The van der Waals surface area contributed by atoms with E-state index >= 15 is 0 Å². The van der Waals surface area contributed by atoms with Crippen molar-refractivity contribution in [2.75, 3.05) is 0 Å². The topological polar surface area (TPSA) is 35.8 Å². The highest BCUT2D eigenvalue weighted by Gasteiger charge is 2.51. The van der Waals surface area contributed by atoms with Crippen molar-refractivity contribution in [1.82, 2.24) is 9.38 Å². The summed E-state index contributed by atoms with van der Waals surface area (Å²) in [7, 11) is -0.370. The number of aromatic nitrogens is 2. The van der Waals surface area contributed by atoms with E-state index in [2.05, 4.69) is 86.7 Å². The highest BCUT2D eigenvalue weighted by molar-refractivity contribution is 6.62. The summed E-state index contributed by atoms with van der Waals surface area (Å²) in [5.74, 6) is 0. The minimum absolute atomic E-state index is 0.354. The van der Waals surface area contributed by atoms with Crippen LogP contribution in [0.25, 0.3) is 33.4 Å². The molecule has 1 aliphatic carbocycles. The van der Waals surface area contributed by atoms with Crippen LogP contribution in [0.4, 0.5) is 0 Å². The van der Waals surface area contributed by atoms with E-state index in [1.165, 1.54) is 22.0 Å². The summed E-state index contributed by atoms with van der Waals surface area (Å²) in [4.78, 5) is 5.02. The first kappa shape index (κ1) is 18.2. The number of hydrogen-bond donors (Lipinski definition) is 0. The van der Waals surface area contributed by atoms with Crippen LogP contribution in [0, 0.1) is 0 Å². The van der Waals surface area contributed by atoms with Crippen molar-refractivity contribution >= 4 is 46.0 Å². The Labute approximate surface area is 176 Å². The minimum Gasteiger partial charge on any atom is -0.399 e. The van der Waals surface area contributed by atoms with E-state index in [0.29, 0.717) is 0 Å². The number of para-hydroxylation sites is 1. The van der Waals surface area contributed by atoms with Crippen molar-refractivity contribution in [3.05, 3.63) is 59.9 Å². The van der Waals surface area contributed by atoms with Crippen molar-refractivity contribution in [2.45, 2.75) is 51.7 Å². The van der Waals surface area contributed by atoms with Crippen molar-refractivity contribution < 1.29 is 9.31 Å². The first-order valence-electron chi connectivity index (χ1n) is 10.7. The fourth-order valence-electron chi connectivity index (χ4n) is 4.70. The van der Waals surface area contributed by atoms with Gasteiger partial charge in [0.1, 0.15) is 5.65 Å². The van der Waals surface area contributed by atoms with Crippen LogP contribution in [0.15, 0.2) is 48.5 Å². The SMILES string of the molecule is CC1(C)OB(c2ccc3c(c2)c2ccccc2n2c4c(nc32)C=CCC4)OC1(C)C. The molecule has 2 aromatic carbocycles. The van der Waals surface area contributed by atoms with Gasteiger partial charge in [0.25, 0.3) is 0 Å². The molecule has 0 saturated carbocycles. The molecule has 150 valence electrons. The van der Waals surface area contributed by atoms with Crippen molar-refractivity contribution in [3.63, 3.8) is 0 Å². The molecular weight excluding hydrogens is 371 g/mol. The first-order valence-corrected chi connectivity index (χ1v) is 10.7. The van der Waals surface area contributed by atoms with E-state index in [-0.39, 0.29) is 18.3 Å². The van der Waals surface area contributed by atoms with Gasteiger partial charge in [-0.25, -0.2) is 4.98 Å². The number of aryl methyl sites for hydroxylation is 1. The van der Waals surface area contributed by atoms with Gasteiger partial charge in [0, 0.05) is 10.8 Å². The third kappa shape index (κ3) is 2.39. The summed E-state index contributed by atoms with van der Waals surface area (Å²) >= 11 is 0. The summed E-state index contributed by atoms with van der Waals surface area (Å²) in [5.41, 5.74) is 4.97. The highest BCUT2D eigenvalue weighted by atomic mass is 16.7. The Morgan fingerprint density at radius 1 is 0.933 bits per heavy atom. The molecule has 0 bridgehead atoms. The highest BCUT2D eigenvalue weighted by Crippen LogP contribution is 2.37. The fraction of sp³-hybridized carbons (Fsp3) is 0.320. The lowest BCUT2D eigenvalue weighted by atomic mass is 9.78. The van der Waals surface area contributed by atoms with E-state index < -0.39 is 0 Å². The Kier molecular flexibility index (Phi) is 3.61. The van der Waals surface area contributed by atoms with Crippen LogP contribution in [0.1, 0.15) is 45.5 Å². The maximum Gasteiger partial charge on any atom is 0.494 e. The van der Waals surface area contributed by atoms with Gasteiger partial charge in [0.2, 0.25) is 0 Å². The number of hydrogen-bond acceptors (Lipinski definition) is 3. The smallest absolute Gasteiger partial charge is 0.399 e. The Hall–Kier alpha value is -2.63. The number of nitrogens with zero attached hydrogens (tertiary/aromatic N) is 2. The molecule has 0 amide bonds. The standard InChI is InChI=1S/C25H25BN2O2/c1-24(2)25(3,4)30-26(29-24)16-13-14-18-19(15-16)17-9-5-7-11-21(17)28-22-12-8-6-10-20(22)27-23(18)28/h5-7,9-11,13-15H,8,12H2,1-4H3. The molecule has 0 atom stereocenters. The molecule has 30 heavy (non-hydrogen) atoms. The molecule has 0 N–H and O–H groups in total. The van der Waals surface area contributed by atoms with Crippen LogP contribution in [0.3, 0.4) is 0 Å². The molecule has 3 heterocycles. The average Bonchev–Trinajstić information content (AvgIpc) is 3.22. The lowest BCUT2D eigenvalue weighted by Gasteiger charge is -2.32. The summed E-state index contributed by atoms with van der Waals surface area (Å²) in [6, 6.07) is 15.2. The maximum absolute atomic E-state index is 6.31. The molecule has 2 aliphatic rings. The minimum atomic E-state index is -0.370. The second-order valence-corrected chi connectivity index (χ2v) is 9.45. The lowest BCUT2D eigenvalue weighted by molar-refractivity contribution is 0.00578. The molecule has 1 fully saturated rings. The van der Waals surface area contributed by atoms with Gasteiger partial charge >= 0.3 is 7.12 Å². The second-order valence-electron chi connectivity index (χ2n) is 9.45. The third-order valence-corrected chi connectivity index (χ3v) is 7.07. The molecule has 4 aromatic rings. The van der Waals surface area contributed by atoms with Gasteiger partial charge in [-0.1, -0.05) is 42.5 Å². The van der Waals surface area contributed by atoms with E-state index in [9.17, 15) is 0 Å². The number of fused-ring (bicyclic) bond motifs is 8. The molecule has 6 rings (SSSR count). The fourth-order valence-corrected chi connectivity index (χ4v) is 4.70. The maximum atomic E-state index is 6.31. The normalized spacial score (nSPS) is 19.8. The Morgan fingerprint density at radius 3 is 2.50 bits per heavy atom. The number of benzene rings is 2. The van der Waals surface area contributed by atoms with Crippen molar-refractivity contribution in [1.29, 1.82) is 0 Å². The Bertz CT molecular complexity index is 1350.